The quantitative estimate of drug-likeness (QED) is 0.709. The highest BCUT2D eigenvalue weighted by atomic mass is 16.5. The van der Waals surface area contributed by atoms with E-state index in [9.17, 15) is 15.0 Å². The number of phenols is 1. The van der Waals surface area contributed by atoms with Crippen molar-refractivity contribution in [3.8, 4) is 11.5 Å². The standard InChI is InChI=1S/C16H16N2O5/c1-23-11-3-5-13(12(9-11)16(21)22)17-18-14-4-2-10(6-7-19)8-15(14)20/h2-5,8-9,19-20H,6-7H2,1H3,(H,21,22). The third-order valence-corrected chi connectivity index (χ3v) is 3.14. The highest BCUT2D eigenvalue weighted by Crippen LogP contribution is 2.31. The summed E-state index contributed by atoms with van der Waals surface area (Å²) in [7, 11) is 1.44. The van der Waals surface area contributed by atoms with Gasteiger partial charge in [0.25, 0.3) is 0 Å². The second-order valence-electron chi connectivity index (χ2n) is 4.68. The minimum atomic E-state index is -1.15. The van der Waals surface area contributed by atoms with Crippen LogP contribution in [0.25, 0.3) is 0 Å². The Morgan fingerprint density at radius 2 is 1.83 bits per heavy atom. The topological polar surface area (TPSA) is 112 Å². The molecule has 0 bridgehead atoms. The molecule has 23 heavy (non-hydrogen) atoms. The summed E-state index contributed by atoms with van der Waals surface area (Å²) in [6.45, 7) is -0.0197. The summed E-state index contributed by atoms with van der Waals surface area (Å²) in [6, 6.07) is 9.13. The van der Waals surface area contributed by atoms with Crippen LogP contribution in [-0.4, -0.2) is 35.0 Å². The Hall–Kier alpha value is -2.93. The SMILES string of the molecule is COc1ccc(N=Nc2ccc(CCO)cc2O)c(C(=O)O)c1. The van der Waals surface area contributed by atoms with E-state index >= 15 is 0 Å². The highest BCUT2D eigenvalue weighted by Gasteiger charge is 2.11. The van der Waals surface area contributed by atoms with E-state index in [4.69, 9.17) is 9.84 Å². The third kappa shape index (κ3) is 4.04. The molecule has 0 unspecified atom stereocenters. The van der Waals surface area contributed by atoms with Crippen LogP contribution in [0.2, 0.25) is 0 Å². The van der Waals surface area contributed by atoms with E-state index in [1.807, 2.05) is 0 Å². The normalized spacial score (nSPS) is 10.9. The molecule has 7 nitrogen and oxygen atoms in total. The van der Waals surface area contributed by atoms with Crippen molar-refractivity contribution in [1.82, 2.24) is 0 Å². The monoisotopic (exact) mass is 316 g/mol. The van der Waals surface area contributed by atoms with Gasteiger partial charge in [-0.2, -0.15) is 0 Å². The number of rotatable bonds is 6. The molecule has 2 rings (SSSR count). The maximum Gasteiger partial charge on any atom is 0.338 e. The number of phenolic OH excluding ortho intramolecular Hbond substituents is 1. The van der Waals surface area contributed by atoms with Gasteiger partial charge in [-0.25, -0.2) is 4.79 Å². The van der Waals surface area contributed by atoms with Crippen LogP contribution in [-0.2, 0) is 6.42 Å². The van der Waals surface area contributed by atoms with E-state index in [1.54, 1.807) is 18.2 Å². The van der Waals surface area contributed by atoms with Crippen molar-refractivity contribution in [2.45, 2.75) is 6.42 Å². The fraction of sp³-hybridized carbons (Fsp3) is 0.188. The van der Waals surface area contributed by atoms with Crippen molar-refractivity contribution in [2.24, 2.45) is 10.2 Å². The molecule has 0 saturated heterocycles. The van der Waals surface area contributed by atoms with Gasteiger partial charge in [0.15, 0.2) is 0 Å². The highest BCUT2D eigenvalue weighted by molar-refractivity contribution is 5.93. The minimum Gasteiger partial charge on any atom is -0.506 e. The first-order valence-electron chi connectivity index (χ1n) is 6.81. The smallest absolute Gasteiger partial charge is 0.338 e. The van der Waals surface area contributed by atoms with E-state index in [2.05, 4.69) is 10.2 Å². The predicted molar refractivity (Wildman–Crippen MR) is 83.0 cm³/mol. The van der Waals surface area contributed by atoms with Crippen molar-refractivity contribution in [3.05, 3.63) is 47.5 Å². The van der Waals surface area contributed by atoms with Crippen molar-refractivity contribution in [3.63, 3.8) is 0 Å². The number of aliphatic hydroxyl groups is 1. The zero-order chi connectivity index (χ0) is 16.8. The molecule has 0 heterocycles. The molecule has 0 fully saturated rings. The van der Waals surface area contributed by atoms with Crippen LogP contribution >= 0.6 is 0 Å². The molecule has 0 aliphatic rings. The van der Waals surface area contributed by atoms with Crippen LogP contribution in [0.1, 0.15) is 15.9 Å². The lowest BCUT2D eigenvalue weighted by Gasteiger charge is -2.04. The summed E-state index contributed by atoms with van der Waals surface area (Å²) in [6.07, 6.45) is 0.423. The molecule has 0 aromatic heterocycles. The fourth-order valence-corrected chi connectivity index (χ4v) is 1.95. The second-order valence-corrected chi connectivity index (χ2v) is 4.68. The number of carboxylic acids is 1. The van der Waals surface area contributed by atoms with Crippen molar-refractivity contribution in [2.75, 3.05) is 13.7 Å². The number of hydrogen-bond donors (Lipinski definition) is 3. The summed E-state index contributed by atoms with van der Waals surface area (Å²) in [5.41, 5.74) is 1.07. The number of aromatic carboxylic acids is 1. The molecule has 0 atom stereocenters. The third-order valence-electron chi connectivity index (χ3n) is 3.14. The summed E-state index contributed by atoms with van der Waals surface area (Å²) in [5, 5.41) is 35.7. The number of hydrogen-bond acceptors (Lipinski definition) is 6. The molecule has 0 spiro atoms. The number of methoxy groups -OCH3 is 1. The molecule has 2 aromatic carbocycles. The Kier molecular flexibility index (Phi) is 5.27. The van der Waals surface area contributed by atoms with Gasteiger partial charge in [0.2, 0.25) is 0 Å². The largest absolute Gasteiger partial charge is 0.506 e. The summed E-state index contributed by atoms with van der Waals surface area (Å²) >= 11 is 0. The Morgan fingerprint density at radius 1 is 1.13 bits per heavy atom. The number of nitrogens with zero attached hydrogens (tertiary/aromatic N) is 2. The summed E-state index contributed by atoms with van der Waals surface area (Å²) in [5.74, 6) is -0.844. The molecule has 0 saturated carbocycles. The Balaban J connectivity index is 2.31. The Bertz CT molecular complexity index is 743. The number of carbonyl (C=O) groups is 1. The molecular weight excluding hydrogens is 300 g/mol. The average molecular weight is 316 g/mol. The van der Waals surface area contributed by atoms with E-state index in [-0.39, 0.29) is 29.3 Å². The van der Waals surface area contributed by atoms with Crippen molar-refractivity contribution in [1.29, 1.82) is 0 Å². The average Bonchev–Trinajstić information content (AvgIpc) is 2.54. The first kappa shape index (κ1) is 16.4. The summed E-state index contributed by atoms with van der Waals surface area (Å²) < 4.78 is 4.98. The first-order valence-corrected chi connectivity index (χ1v) is 6.81. The van der Waals surface area contributed by atoms with Gasteiger partial charge in [-0.1, -0.05) is 6.07 Å². The van der Waals surface area contributed by atoms with Crippen LogP contribution in [0.4, 0.5) is 11.4 Å². The van der Waals surface area contributed by atoms with Gasteiger partial charge in [0.05, 0.1) is 12.7 Å². The molecule has 0 aliphatic carbocycles. The van der Waals surface area contributed by atoms with Gasteiger partial charge in [-0.3, -0.25) is 0 Å². The van der Waals surface area contributed by atoms with Gasteiger partial charge in [-0.15, -0.1) is 10.2 Å². The second kappa shape index (κ2) is 7.37. The van der Waals surface area contributed by atoms with E-state index in [1.165, 1.54) is 25.3 Å². The summed E-state index contributed by atoms with van der Waals surface area (Å²) in [4.78, 5) is 11.3. The first-order chi connectivity index (χ1) is 11.0. The van der Waals surface area contributed by atoms with E-state index < -0.39 is 5.97 Å². The number of ether oxygens (including phenoxy) is 1. The zero-order valence-corrected chi connectivity index (χ0v) is 12.4. The van der Waals surface area contributed by atoms with Gasteiger partial charge >= 0.3 is 5.97 Å². The van der Waals surface area contributed by atoms with Crippen LogP contribution in [0.15, 0.2) is 46.6 Å². The number of azo groups is 1. The van der Waals surface area contributed by atoms with Gasteiger partial charge in [0.1, 0.15) is 22.9 Å². The Morgan fingerprint density at radius 3 is 2.43 bits per heavy atom. The van der Waals surface area contributed by atoms with Crippen LogP contribution < -0.4 is 4.74 Å². The molecule has 3 N–H and O–H groups in total. The van der Waals surface area contributed by atoms with E-state index in [0.29, 0.717) is 12.2 Å². The van der Waals surface area contributed by atoms with Gasteiger partial charge in [0, 0.05) is 6.61 Å². The number of aliphatic hydroxyl groups excluding tert-OH is 1. The maximum absolute atomic E-state index is 11.3. The van der Waals surface area contributed by atoms with E-state index in [0.717, 1.165) is 5.56 Å². The molecule has 0 radical (unpaired) electrons. The van der Waals surface area contributed by atoms with Crippen LogP contribution in [0, 0.1) is 0 Å². The minimum absolute atomic E-state index is 0.0197. The maximum atomic E-state index is 11.3. The van der Waals surface area contributed by atoms with Crippen LogP contribution in [0.3, 0.4) is 0 Å². The van der Waals surface area contributed by atoms with Crippen molar-refractivity contribution < 1.29 is 24.9 Å². The molecular formula is C16H16N2O5. The van der Waals surface area contributed by atoms with Gasteiger partial charge < -0.3 is 20.1 Å². The van der Waals surface area contributed by atoms with Crippen LogP contribution in [0.5, 0.6) is 11.5 Å². The zero-order valence-electron chi connectivity index (χ0n) is 12.4. The lowest BCUT2D eigenvalue weighted by Crippen LogP contribution is -1.97. The lowest BCUT2D eigenvalue weighted by atomic mass is 10.1. The number of benzene rings is 2. The van der Waals surface area contributed by atoms with Crippen molar-refractivity contribution >= 4 is 17.3 Å². The molecule has 0 amide bonds. The molecule has 7 heteroatoms. The lowest BCUT2D eigenvalue weighted by molar-refractivity contribution is 0.0697. The molecule has 120 valence electrons. The number of aromatic hydroxyl groups is 1. The molecule has 2 aromatic rings. The fourth-order valence-electron chi connectivity index (χ4n) is 1.95. The predicted octanol–water partition coefficient (Wildman–Crippen LogP) is 3.05. The number of carboxylic acid groups (broad SMARTS) is 1. The van der Waals surface area contributed by atoms with Gasteiger partial charge in [-0.05, 0) is 42.3 Å². The molecule has 0 aliphatic heterocycles. The Labute approximate surface area is 132 Å².